The van der Waals surface area contributed by atoms with Crippen LogP contribution in [0.2, 0.25) is 0 Å². The minimum absolute atomic E-state index is 0.237. The molecule has 0 radical (unpaired) electrons. The normalized spacial score (nSPS) is 22.4. The van der Waals surface area contributed by atoms with Crippen molar-refractivity contribution < 1.29 is 14.7 Å². The summed E-state index contributed by atoms with van der Waals surface area (Å²) in [5.74, 6) is 0.934. The first-order valence-electron chi connectivity index (χ1n) is 6.57. The molecule has 1 fully saturated rings. The van der Waals surface area contributed by atoms with Gasteiger partial charge in [-0.1, -0.05) is 5.16 Å². The number of phenolic OH excluding ortho intramolecular Hbond substituents is 1. The van der Waals surface area contributed by atoms with E-state index in [1.54, 1.807) is 12.1 Å². The van der Waals surface area contributed by atoms with E-state index in [1.807, 2.05) is 13.8 Å². The molecule has 1 aromatic carbocycles. The maximum atomic E-state index is 10.4. The number of nitrogens with one attached hydrogen (secondary N) is 1. The SMILES string of the molecule is Cc1cc(-c2noc(C3(O)CCNC3)n2)cc(C)c1O. The lowest BCUT2D eigenvalue weighted by atomic mass is 10.0. The van der Waals surface area contributed by atoms with Crippen molar-refractivity contribution >= 4 is 0 Å². The number of hydrogen-bond acceptors (Lipinski definition) is 6. The summed E-state index contributed by atoms with van der Waals surface area (Å²) in [5, 5.41) is 27.2. The Morgan fingerprint density at radius 1 is 1.30 bits per heavy atom. The van der Waals surface area contributed by atoms with Crippen LogP contribution in [0, 0.1) is 13.8 Å². The van der Waals surface area contributed by atoms with Gasteiger partial charge in [0, 0.05) is 12.1 Å². The quantitative estimate of drug-likeness (QED) is 0.764. The molecule has 1 saturated heterocycles. The van der Waals surface area contributed by atoms with E-state index in [-0.39, 0.29) is 11.6 Å². The van der Waals surface area contributed by atoms with Gasteiger partial charge < -0.3 is 20.1 Å². The van der Waals surface area contributed by atoms with Crippen molar-refractivity contribution in [3.8, 4) is 17.1 Å². The molecule has 6 heteroatoms. The van der Waals surface area contributed by atoms with Gasteiger partial charge in [-0.2, -0.15) is 4.98 Å². The Kier molecular flexibility index (Phi) is 2.99. The molecule has 6 nitrogen and oxygen atoms in total. The van der Waals surface area contributed by atoms with Crippen molar-refractivity contribution in [3.63, 3.8) is 0 Å². The Hall–Kier alpha value is -1.92. The third-order valence-corrected chi connectivity index (χ3v) is 3.71. The summed E-state index contributed by atoms with van der Waals surface area (Å²) in [5.41, 5.74) is 1.20. The van der Waals surface area contributed by atoms with Crippen molar-refractivity contribution in [2.24, 2.45) is 0 Å². The van der Waals surface area contributed by atoms with Gasteiger partial charge in [0.05, 0.1) is 0 Å². The fourth-order valence-corrected chi connectivity index (χ4v) is 2.48. The number of aromatic nitrogens is 2. The first-order chi connectivity index (χ1) is 9.49. The van der Waals surface area contributed by atoms with Crippen molar-refractivity contribution in [2.45, 2.75) is 25.9 Å². The highest BCUT2D eigenvalue weighted by Crippen LogP contribution is 2.30. The molecule has 0 saturated carbocycles. The molecule has 1 aliphatic heterocycles. The van der Waals surface area contributed by atoms with Crippen LogP contribution in [0.5, 0.6) is 5.75 Å². The third kappa shape index (κ3) is 2.07. The first-order valence-corrected chi connectivity index (χ1v) is 6.57. The number of aromatic hydroxyl groups is 1. The van der Waals surface area contributed by atoms with Gasteiger partial charge in [0.15, 0.2) is 5.60 Å². The Morgan fingerprint density at radius 3 is 2.60 bits per heavy atom. The van der Waals surface area contributed by atoms with Crippen LogP contribution in [0.1, 0.15) is 23.4 Å². The second kappa shape index (κ2) is 4.57. The monoisotopic (exact) mass is 275 g/mol. The number of aliphatic hydroxyl groups is 1. The van der Waals surface area contributed by atoms with Gasteiger partial charge >= 0.3 is 0 Å². The number of benzene rings is 1. The molecule has 1 aliphatic rings. The number of aryl methyl sites for hydroxylation is 2. The van der Waals surface area contributed by atoms with E-state index in [0.717, 1.165) is 23.2 Å². The zero-order chi connectivity index (χ0) is 14.3. The number of hydrogen-bond donors (Lipinski definition) is 3. The largest absolute Gasteiger partial charge is 0.507 e. The fraction of sp³-hybridized carbons (Fsp3) is 0.429. The van der Waals surface area contributed by atoms with Crippen LogP contribution in [0.4, 0.5) is 0 Å². The zero-order valence-electron chi connectivity index (χ0n) is 11.5. The fourth-order valence-electron chi connectivity index (χ4n) is 2.48. The van der Waals surface area contributed by atoms with Gasteiger partial charge in [0.1, 0.15) is 5.75 Å². The highest BCUT2D eigenvalue weighted by Gasteiger charge is 2.38. The summed E-state index contributed by atoms with van der Waals surface area (Å²) in [6, 6.07) is 3.60. The molecule has 3 N–H and O–H groups in total. The van der Waals surface area contributed by atoms with Crippen LogP contribution in [0.25, 0.3) is 11.4 Å². The van der Waals surface area contributed by atoms with E-state index in [2.05, 4.69) is 15.5 Å². The molecule has 1 atom stereocenters. The van der Waals surface area contributed by atoms with Crippen LogP contribution in [-0.4, -0.2) is 33.4 Å². The Labute approximate surface area is 116 Å². The average Bonchev–Trinajstić information content (AvgIpc) is 3.05. The van der Waals surface area contributed by atoms with E-state index in [9.17, 15) is 10.2 Å². The van der Waals surface area contributed by atoms with E-state index >= 15 is 0 Å². The molecule has 1 aromatic heterocycles. The Balaban J connectivity index is 1.98. The topological polar surface area (TPSA) is 91.4 Å². The summed E-state index contributed by atoms with van der Waals surface area (Å²) in [4.78, 5) is 4.30. The molecule has 2 heterocycles. The smallest absolute Gasteiger partial charge is 0.260 e. The first kappa shape index (κ1) is 13.1. The highest BCUT2D eigenvalue weighted by molar-refractivity contribution is 5.60. The molecule has 3 rings (SSSR count). The molecule has 0 amide bonds. The molecular formula is C14H17N3O3. The molecule has 0 bridgehead atoms. The number of nitrogens with zero attached hydrogens (tertiary/aromatic N) is 2. The molecular weight excluding hydrogens is 258 g/mol. The van der Waals surface area contributed by atoms with Crippen molar-refractivity contribution in [1.82, 2.24) is 15.5 Å². The Morgan fingerprint density at radius 2 is 2.00 bits per heavy atom. The maximum absolute atomic E-state index is 10.4. The van der Waals surface area contributed by atoms with Crippen LogP contribution < -0.4 is 5.32 Å². The van der Waals surface area contributed by atoms with Gasteiger partial charge in [0.2, 0.25) is 5.82 Å². The maximum Gasteiger partial charge on any atom is 0.260 e. The van der Waals surface area contributed by atoms with E-state index in [1.165, 1.54) is 0 Å². The molecule has 1 unspecified atom stereocenters. The second-order valence-electron chi connectivity index (χ2n) is 5.34. The van der Waals surface area contributed by atoms with Crippen LogP contribution >= 0.6 is 0 Å². The third-order valence-electron chi connectivity index (χ3n) is 3.71. The minimum Gasteiger partial charge on any atom is -0.507 e. The summed E-state index contributed by atoms with van der Waals surface area (Å²) < 4.78 is 5.20. The predicted molar refractivity (Wildman–Crippen MR) is 72.3 cm³/mol. The van der Waals surface area contributed by atoms with Gasteiger partial charge in [-0.3, -0.25) is 0 Å². The lowest BCUT2D eigenvalue weighted by Gasteiger charge is -2.14. The van der Waals surface area contributed by atoms with Crippen molar-refractivity contribution in [1.29, 1.82) is 0 Å². The van der Waals surface area contributed by atoms with E-state index in [4.69, 9.17) is 4.52 Å². The summed E-state index contributed by atoms with van der Waals surface area (Å²) >= 11 is 0. The molecule has 0 aliphatic carbocycles. The molecule has 20 heavy (non-hydrogen) atoms. The number of phenols is 1. The minimum atomic E-state index is -1.08. The van der Waals surface area contributed by atoms with Crippen LogP contribution in [0.3, 0.4) is 0 Å². The van der Waals surface area contributed by atoms with Gasteiger partial charge in [-0.15, -0.1) is 0 Å². The standard InChI is InChI=1S/C14H17N3O3/c1-8-5-10(6-9(2)11(8)18)12-16-13(20-17-12)14(19)3-4-15-7-14/h5-6,15,18-19H,3-4,7H2,1-2H3. The molecule has 2 aromatic rings. The summed E-state index contributed by atoms with van der Waals surface area (Å²) in [6.45, 7) is 4.79. The highest BCUT2D eigenvalue weighted by atomic mass is 16.5. The Bertz CT molecular complexity index is 622. The predicted octanol–water partition coefficient (Wildman–Crippen LogP) is 1.24. The van der Waals surface area contributed by atoms with Crippen LogP contribution in [-0.2, 0) is 5.60 Å². The number of β-amino-alcohol motifs (C(OH)–C–C–N with tert-alkyl or cyclic N) is 1. The van der Waals surface area contributed by atoms with Crippen molar-refractivity contribution in [2.75, 3.05) is 13.1 Å². The van der Waals surface area contributed by atoms with E-state index < -0.39 is 5.60 Å². The second-order valence-corrected chi connectivity index (χ2v) is 5.34. The lowest BCUT2D eigenvalue weighted by Crippen LogP contribution is -2.28. The molecule has 106 valence electrons. The summed E-state index contributed by atoms with van der Waals surface area (Å²) in [7, 11) is 0. The summed E-state index contributed by atoms with van der Waals surface area (Å²) in [6.07, 6.45) is 0.558. The van der Waals surface area contributed by atoms with Crippen LogP contribution in [0.15, 0.2) is 16.7 Å². The lowest BCUT2D eigenvalue weighted by molar-refractivity contribution is 0.0243. The zero-order valence-corrected chi connectivity index (χ0v) is 11.5. The van der Waals surface area contributed by atoms with Gasteiger partial charge in [0.25, 0.3) is 5.89 Å². The van der Waals surface area contributed by atoms with Crippen molar-refractivity contribution in [3.05, 3.63) is 29.2 Å². The van der Waals surface area contributed by atoms with Gasteiger partial charge in [-0.05, 0) is 50.1 Å². The average molecular weight is 275 g/mol. The molecule has 0 spiro atoms. The number of rotatable bonds is 2. The van der Waals surface area contributed by atoms with E-state index in [0.29, 0.717) is 18.8 Å². The van der Waals surface area contributed by atoms with Gasteiger partial charge in [-0.25, -0.2) is 0 Å².